The Hall–Kier alpha value is -1.75. The molecule has 0 saturated carbocycles. The van der Waals surface area contributed by atoms with Gasteiger partial charge in [0.1, 0.15) is 0 Å². The maximum Gasteiger partial charge on any atom is 0.253 e. The maximum atomic E-state index is 12.0. The van der Waals surface area contributed by atoms with Gasteiger partial charge in [-0.15, -0.1) is 0 Å². The number of benzene rings is 1. The second kappa shape index (κ2) is 6.61. The van der Waals surface area contributed by atoms with Crippen LogP contribution in [0, 0.1) is 0 Å². The molecule has 0 fully saturated rings. The van der Waals surface area contributed by atoms with E-state index < -0.39 is 0 Å². The summed E-state index contributed by atoms with van der Waals surface area (Å²) in [6.07, 6.45) is 0. The minimum absolute atomic E-state index is 0.0247. The smallest absolute Gasteiger partial charge is 0.253 e. The van der Waals surface area contributed by atoms with E-state index in [1.54, 1.807) is 18.2 Å². The number of nitrogens with one attached hydrogen (secondary N) is 2. The highest BCUT2D eigenvalue weighted by Crippen LogP contribution is 2.21. The molecule has 0 aliphatic rings. The SMILES string of the molecule is CCNC(=O)c1ccc(N)cc1NCC(C)(C)N(C)C. The van der Waals surface area contributed by atoms with Crippen molar-refractivity contribution in [1.82, 2.24) is 10.2 Å². The Morgan fingerprint density at radius 2 is 2.00 bits per heavy atom. The van der Waals surface area contributed by atoms with Crippen molar-refractivity contribution in [3.05, 3.63) is 23.8 Å². The first-order valence-corrected chi connectivity index (χ1v) is 6.87. The maximum absolute atomic E-state index is 12.0. The van der Waals surface area contributed by atoms with Gasteiger partial charge in [0.25, 0.3) is 5.91 Å². The van der Waals surface area contributed by atoms with Gasteiger partial charge in [-0.1, -0.05) is 0 Å². The Morgan fingerprint density at radius 3 is 2.55 bits per heavy atom. The van der Waals surface area contributed by atoms with Crippen molar-refractivity contribution in [1.29, 1.82) is 0 Å². The molecule has 0 atom stereocenters. The first-order chi connectivity index (χ1) is 9.27. The van der Waals surface area contributed by atoms with Crippen molar-refractivity contribution in [3.63, 3.8) is 0 Å². The molecule has 0 aliphatic heterocycles. The van der Waals surface area contributed by atoms with Gasteiger partial charge in [0.2, 0.25) is 0 Å². The van der Waals surface area contributed by atoms with Gasteiger partial charge in [-0.25, -0.2) is 0 Å². The number of nitrogens with zero attached hydrogens (tertiary/aromatic N) is 1. The molecule has 20 heavy (non-hydrogen) atoms. The fourth-order valence-corrected chi connectivity index (χ4v) is 1.63. The van der Waals surface area contributed by atoms with Gasteiger partial charge in [-0.05, 0) is 53.1 Å². The average molecular weight is 278 g/mol. The van der Waals surface area contributed by atoms with E-state index in [1.165, 1.54) is 0 Å². The van der Waals surface area contributed by atoms with Gasteiger partial charge in [-0.3, -0.25) is 4.79 Å². The molecule has 1 aromatic rings. The molecule has 1 rings (SSSR count). The van der Waals surface area contributed by atoms with Crippen LogP contribution in [0.3, 0.4) is 0 Å². The zero-order chi connectivity index (χ0) is 15.3. The van der Waals surface area contributed by atoms with Crippen molar-refractivity contribution in [2.45, 2.75) is 26.3 Å². The van der Waals surface area contributed by atoms with Crippen LogP contribution in [-0.2, 0) is 0 Å². The molecule has 5 heteroatoms. The zero-order valence-electron chi connectivity index (χ0n) is 13.1. The molecule has 0 aromatic heterocycles. The summed E-state index contributed by atoms with van der Waals surface area (Å²) in [5, 5.41) is 6.14. The summed E-state index contributed by atoms with van der Waals surface area (Å²) in [4.78, 5) is 14.2. The Bertz CT molecular complexity index is 469. The minimum Gasteiger partial charge on any atom is -0.399 e. The van der Waals surface area contributed by atoms with E-state index in [0.717, 1.165) is 12.2 Å². The molecular formula is C15H26N4O. The van der Waals surface area contributed by atoms with Crippen LogP contribution < -0.4 is 16.4 Å². The number of likely N-dealkylation sites (N-methyl/N-ethyl adjacent to an activating group) is 1. The number of anilines is 2. The summed E-state index contributed by atoms with van der Waals surface area (Å²) >= 11 is 0. The summed E-state index contributed by atoms with van der Waals surface area (Å²) in [7, 11) is 4.07. The molecular weight excluding hydrogens is 252 g/mol. The molecule has 1 aromatic carbocycles. The number of hydrogen-bond donors (Lipinski definition) is 3. The molecule has 0 spiro atoms. The average Bonchev–Trinajstić information content (AvgIpc) is 2.36. The van der Waals surface area contributed by atoms with Crippen molar-refractivity contribution in [2.24, 2.45) is 0 Å². The van der Waals surface area contributed by atoms with E-state index in [1.807, 2.05) is 21.0 Å². The Labute approximate surface area is 121 Å². The van der Waals surface area contributed by atoms with Gasteiger partial charge in [0.05, 0.1) is 5.56 Å². The third-order valence-corrected chi connectivity index (χ3v) is 3.55. The largest absolute Gasteiger partial charge is 0.399 e. The Morgan fingerprint density at radius 1 is 1.35 bits per heavy atom. The highest BCUT2D eigenvalue weighted by Gasteiger charge is 2.21. The molecule has 0 unspecified atom stereocenters. The number of nitrogens with two attached hydrogens (primary N) is 1. The first kappa shape index (κ1) is 16.3. The predicted molar refractivity (Wildman–Crippen MR) is 85.1 cm³/mol. The van der Waals surface area contributed by atoms with Crippen LogP contribution in [0.2, 0.25) is 0 Å². The van der Waals surface area contributed by atoms with Crippen LogP contribution in [0.15, 0.2) is 18.2 Å². The second-order valence-corrected chi connectivity index (χ2v) is 5.72. The van der Waals surface area contributed by atoms with Crippen LogP contribution in [0.4, 0.5) is 11.4 Å². The fraction of sp³-hybridized carbons (Fsp3) is 0.533. The lowest BCUT2D eigenvalue weighted by atomic mass is 10.0. The van der Waals surface area contributed by atoms with E-state index in [2.05, 4.69) is 29.4 Å². The lowest BCUT2D eigenvalue weighted by Crippen LogP contribution is -2.44. The van der Waals surface area contributed by atoms with Crippen LogP contribution in [0.25, 0.3) is 0 Å². The molecule has 4 N–H and O–H groups in total. The number of amides is 1. The molecule has 0 radical (unpaired) electrons. The number of rotatable bonds is 6. The molecule has 0 saturated heterocycles. The summed E-state index contributed by atoms with van der Waals surface area (Å²) in [5.41, 5.74) is 7.83. The highest BCUT2D eigenvalue weighted by molar-refractivity contribution is 6.00. The van der Waals surface area contributed by atoms with Crippen LogP contribution in [0.1, 0.15) is 31.1 Å². The van der Waals surface area contributed by atoms with Crippen molar-refractivity contribution in [3.8, 4) is 0 Å². The van der Waals surface area contributed by atoms with E-state index in [-0.39, 0.29) is 11.4 Å². The van der Waals surface area contributed by atoms with Crippen molar-refractivity contribution in [2.75, 3.05) is 38.2 Å². The minimum atomic E-state index is -0.0855. The molecule has 112 valence electrons. The standard InChI is InChI=1S/C15H26N4O/c1-6-17-14(20)12-8-7-11(16)9-13(12)18-10-15(2,3)19(4)5/h7-9,18H,6,10,16H2,1-5H3,(H,17,20). The topological polar surface area (TPSA) is 70.4 Å². The predicted octanol–water partition coefficient (Wildman–Crippen LogP) is 1.77. The van der Waals surface area contributed by atoms with Gasteiger partial charge in [0.15, 0.2) is 0 Å². The number of nitrogen functional groups attached to an aromatic ring is 1. The van der Waals surface area contributed by atoms with Gasteiger partial charge in [-0.2, -0.15) is 0 Å². The van der Waals surface area contributed by atoms with Gasteiger partial charge < -0.3 is 21.3 Å². The number of carbonyl (C=O) groups excluding carboxylic acids is 1. The van der Waals surface area contributed by atoms with E-state index in [4.69, 9.17) is 5.73 Å². The zero-order valence-corrected chi connectivity index (χ0v) is 13.1. The highest BCUT2D eigenvalue weighted by atomic mass is 16.1. The van der Waals surface area contributed by atoms with Crippen LogP contribution in [-0.4, -0.2) is 43.5 Å². The molecule has 0 aliphatic carbocycles. The van der Waals surface area contributed by atoms with Gasteiger partial charge >= 0.3 is 0 Å². The molecule has 0 bridgehead atoms. The summed E-state index contributed by atoms with van der Waals surface area (Å²) in [5.74, 6) is -0.0855. The van der Waals surface area contributed by atoms with Crippen LogP contribution >= 0.6 is 0 Å². The monoisotopic (exact) mass is 278 g/mol. The number of hydrogen-bond acceptors (Lipinski definition) is 4. The van der Waals surface area contributed by atoms with E-state index in [9.17, 15) is 4.79 Å². The van der Waals surface area contributed by atoms with E-state index >= 15 is 0 Å². The fourth-order valence-electron chi connectivity index (χ4n) is 1.63. The summed E-state index contributed by atoms with van der Waals surface area (Å²) in [6.45, 7) is 7.50. The van der Waals surface area contributed by atoms with Gasteiger partial charge in [0, 0.05) is 30.0 Å². The second-order valence-electron chi connectivity index (χ2n) is 5.72. The van der Waals surface area contributed by atoms with Crippen LogP contribution in [0.5, 0.6) is 0 Å². The molecule has 5 nitrogen and oxygen atoms in total. The number of carbonyl (C=O) groups is 1. The third kappa shape index (κ3) is 4.13. The first-order valence-electron chi connectivity index (χ1n) is 6.87. The lowest BCUT2D eigenvalue weighted by Gasteiger charge is -2.33. The Balaban J connectivity index is 2.93. The Kier molecular flexibility index (Phi) is 5.39. The summed E-state index contributed by atoms with van der Waals surface area (Å²) in [6, 6.07) is 5.30. The van der Waals surface area contributed by atoms with Crippen molar-refractivity contribution >= 4 is 17.3 Å². The van der Waals surface area contributed by atoms with Crippen molar-refractivity contribution < 1.29 is 4.79 Å². The molecule has 1 amide bonds. The normalized spacial score (nSPS) is 11.5. The quantitative estimate of drug-likeness (QED) is 0.694. The lowest BCUT2D eigenvalue weighted by molar-refractivity contribution is 0.0956. The summed E-state index contributed by atoms with van der Waals surface area (Å²) < 4.78 is 0. The van der Waals surface area contributed by atoms with E-state index in [0.29, 0.717) is 17.8 Å². The third-order valence-electron chi connectivity index (χ3n) is 3.55. The molecule has 0 heterocycles.